The number of rotatable bonds is 8. The zero-order chi connectivity index (χ0) is 23.3. The van der Waals surface area contributed by atoms with Crippen molar-refractivity contribution in [3.63, 3.8) is 0 Å². The Morgan fingerprint density at radius 1 is 1.31 bits per heavy atom. The predicted molar refractivity (Wildman–Crippen MR) is 117 cm³/mol. The molecule has 1 aromatic heterocycles. The molecule has 0 radical (unpaired) electrons. The van der Waals surface area contributed by atoms with Gasteiger partial charge in [0.25, 0.3) is 17.5 Å². The van der Waals surface area contributed by atoms with Gasteiger partial charge in [0, 0.05) is 49.4 Å². The van der Waals surface area contributed by atoms with Gasteiger partial charge in [-0.3, -0.25) is 19.7 Å². The number of fused-ring (bicyclic) bond motifs is 1. The van der Waals surface area contributed by atoms with Crippen LogP contribution in [-0.4, -0.2) is 42.7 Å². The zero-order valence-corrected chi connectivity index (χ0v) is 18.5. The minimum atomic E-state index is -0.658. The predicted octanol–water partition coefficient (Wildman–Crippen LogP) is 3.39. The summed E-state index contributed by atoms with van der Waals surface area (Å²) in [5, 5.41) is 18.0. The number of halogens is 1. The van der Waals surface area contributed by atoms with E-state index in [-0.39, 0.29) is 27.9 Å². The third kappa shape index (κ3) is 5.14. The lowest BCUT2D eigenvalue weighted by molar-refractivity contribution is -0.384. The molecule has 3 rings (SSSR count). The second-order valence-corrected chi connectivity index (χ2v) is 7.64. The van der Waals surface area contributed by atoms with Crippen LogP contribution in [-0.2, 0) is 11.2 Å². The van der Waals surface area contributed by atoms with Gasteiger partial charge in [-0.2, -0.15) is 5.10 Å². The molecule has 0 aliphatic heterocycles. The molecule has 1 aliphatic carbocycles. The van der Waals surface area contributed by atoms with Crippen LogP contribution in [0.4, 0.5) is 5.69 Å². The molecular formula is C21H23ClN4O6. The van der Waals surface area contributed by atoms with Crippen molar-refractivity contribution >= 4 is 34.8 Å². The number of benzene rings is 1. The lowest BCUT2D eigenvalue weighted by Crippen LogP contribution is -2.25. The summed E-state index contributed by atoms with van der Waals surface area (Å²) < 4.78 is 10.8. The van der Waals surface area contributed by atoms with E-state index in [4.69, 9.17) is 20.8 Å². The summed E-state index contributed by atoms with van der Waals surface area (Å²) in [6.07, 6.45) is 2.67. The molecule has 11 heteroatoms. The Balaban J connectivity index is 1.78. The Morgan fingerprint density at radius 2 is 2.09 bits per heavy atom. The van der Waals surface area contributed by atoms with Crippen molar-refractivity contribution in [2.45, 2.75) is 32.6 Å². The molecule has 1 aliphatic rings. The normalized spacial score (nSPS) is 14.2. The smallest absolute Gasteiger partial charge is 0.288 e. The van der Waals surface area contributed by atoms with Gasteiger partial charge in [-0.1, -0.05) is 11.6 Å². The molecule has 2 amide bonds. The van der Waals surface area contributed by atoms with E-state index in [9.17, 15) is 19.7 Å². The highest BCUT2D eigenvalue weighted by atomic mass is 35.5. The highest BCUT2D eigenvalue weighted by molar-refractivity contribution is 6.32. The number of nitro groups is 1. The first-order chi connectivity index (χ1) is 15.3. The van der Waals surface area contributed by atoms with Gasteiger partial charge in [0.05, 0.1) is 10.6 Å². The zero-order valence-electron chi connectivity index (χ0n) is 17.7. The number of amides is 2. The summed E-state index contributed by atoms with van der Waals surface area (Å²) >= 11 is 5.79. The molecule has 0 spiro atoms. The fourth-order valence-electron chi connectivity index (χ4n) is 3.47. The number of nitrogens with zero attached hydrogens (tertiary/aromatic N) is 2. The van der Waals surface area contributed by atoms with Gasteiger partial charge >= 0.3 is 0 Å². The van der Waals surface area contributed by atoms with Crippen LogP contribution in [0.2, 0.25) is 5.02 Å². The number of aryl methyl sites for hydroxylation is 1. The SMILES string of the molecule is COCCCNC(=O)c1oc2c(c1C)/C(=N/NC(=O)c1ccc(Cl)c([N+](=O)[O-])c1)CCC2. The Hall–Kier alpha value is -3.24. The quantitative estimate of drug-likeness (QED) is 0.350. The van der Waals surface area contributed by atoms with E-state index in [0.717, 1.165) is 12.5 Å². The van der Waals surface area contributed by atoms with E-state index < -0.39 is 10.8 Å². The van der Waals surface area contributed by atoms with Gasteiger partial charge in [0.2, 0.25) is 0 Å². The van der Waals surface area contributed by atoms with Crippen LogP contribution in [0.5, 0.6) is 0 Å². The third-order valence-corrected chi connectivity index (χ3v) is 5.36. The highest BCUT2D eigenvalue weighted by Crippen LogP contribution is 2.30. The molecule has 0 saturated carbocycles. The average Bonchev–Trinajstić information content (AvgIpc) is 3.12. The van der Waals surface area contributed by atoms with Gasteiger partial charge in [-0.05, 0) is 38.3 Å². The number of carbonyl (C=O) groups excluding carboxylic acids is 2. The van der Waals surface area contributed by atoms with E-state index in [2.05, 4.69) is 15.8 Å². The van der Waals surface area contributed by atoms with Crippen molar-refractivity contribution in [2.24, 2.45) is 5.10 Å². The molecule has 0 saturated heterocycles. The fourth-order valence-corrected chi connectivity index (χ4v) is 3.66. The van der Waals surface area contributed by atoms with E-state index in [1.807, 2.05) is 0 Å². The summed E-state index contributed by atoms with van der Waals surface area (Å²) in [6, 6.07) is 3.77. The van der Waals surface area contributed by atoms with Crippen molar-refractivity contribution in [1.82, 2.24) is 10.7 Å². The van der Waals surface area contributed by atoms with Crippen LogP contribution in [0.15, 0.2) is 27.7 Å². The number of ether oxygens (including phenoxy) is 1. The summed E-state index contributed by atoms with van der Waals surface area (Å²) in [7, 11) is 1.60. The van der Waals surface area contributed by atoms with E-state index >= 15 is 0 Å². The molecule has 0 atom stereocenters. The van der Waals surface area contributed by atoms with Gasteiger partial charge in [-0.15, -0.1) is 0 Å². The summed E-state index contributed by atoms with van der Waals surface area (Å²) in [4.78, 5) is 35.4. The van der Waals surface area contributed by atoms with Crippen LogP contribution >= 0.6 is 11.6 Å². The lowest BCUT2D eigenvalue weighted by atomic mass is 9.93. The van der Waals surface area contributed by atoms with Crippen molar-refractivity contribution in [2.75, 3.05) is 20.3 Å². The number of carbonyl (C=O) groups is 2. The molecular weight excluding hydrogens is 440 g/mol. The molecule has 32 heavy (non-hydrogen) atoms. The largest absolute Gasteiger partial charge is 0.455 e. The van der Waals surface area contributed by atoms with Crippen molar-refractivity contribution in [3.05, 3.63) is 61.5 Å². The lowest BCUT2D eigenvalue weighted by Gasteiger charge is -2.13. The first kappa shape index (κ1) is 23.4. The van der Waals surface area contributed by atoms with Gasteiger partial charge in [0.1, 0.15) is 10.8 Å². The van der Waals surface area contributed by atoms with Crippen LogP contribution in [0, 0.1) is 17.0 Å². The van der Waals surface area contributed by atoms with Crippen molar-refractivity contribution < 1.29 is 23.7 Å². The van der Waals surface area contributed by atoms with E-state index in [1.54, 1.807) is 14.0 Å². The molecule has 1 heterocycles. The Labute approximate surface area is 189 Å². The summed E-state index contributed by atoms with van der Waals surface area (Å²) in [5.74, 6) is -0.0564. The van der Waals surface area contributed by atoms with Crippen LogP contribution in [0.1, 0.15) is 57.1 Å². The molecule has 2 N–H and O–H groups in total. The monoisotopic (exact) mass is 462 g/mol. The minimum absolute atomic E-state index is 0.0570. The Bertz CT molecular complexity index is 1080. The van der Waals surface area contributed by atoms with Gasteiger partial charge < -0.3 is 14.5 Å². The van der Waals surface area contributed by atoms with Crippen LogP contribution in [0.25, 0.3) is 0 Å². The van der Waals surface area contributed by atoms with Crippen molar-refractivity contribution in [1.29, 1.82) is 0 Å². The molecule has 0 fully saturated rings. The number of hydrazone groups is 1. The molecule has 170 valence electrons. The van der Waals surface area contributed by atoms with Gasteiger partial charge in [0.15, 0.2) is 5.76 Å². The van der Waals surface area contributed by atoms with Crippen LogP contribution < -0.4 is 10.7 Å². The first-order valence-corrected chi connectivity index (χ1v) is 10.4. The maximum Gasteiger partial charge on any atom is 0.288 e. The summed E-state index contributed by atoms with van der Waals surface area (Å²) in [5.41, 5.74) is 4.08. The average molecular weight is 463 g/mol. The maximum absolute atomic E-state index is 12.5. The molecule has 0 bridgehead atoms. The number of methoxy groups -OCH3 is 1. The highest BCUT2D eigenvalue weighted by Gasteiger charge is 2.28. The summed E-state index contributed by atoms with van der Waals surface area (Å²) in [6.45, 7) is 2.78. The second-order valence-electron chi connectivity index (χ2n) is 7.23. The fraction of sp³-hybridized carbons (Fsp3) is 0.381. The first-order valence-electron chi connectivity index (χ1n) is 10.0. The topological polar surface area (TPSA) is 136 Å². The maximum atomic E-state index is 12.5. The second kappa shape index (κ2) is 10.4. The Morgan fingerprint density at radius 3 is 2.81 bits per heavy atom. The molecule has 1 aromatic carbocycles. The number of furan rings is 1. The van der Waals surface area contributed by atoms with Gasteiger partial charge in [-0.25, -0.2) is 5.43 Å². The van der Waals surface area contributed by atoms with E-state index in [1.165, 1.54) is 12.1 Å². The Kier molecular flexibility index (Phi) is 7.60. The number of nitro benzene ring substituents is 1. The molecule has 0 unspecified atom stereocenters. The van der Waals surface area contributed by atoms with Crippen LogP contribution in [0.3, 0.4) is 0 Å². The number of hydrogen-bond donors (Lipinski definition) is 2. The van der Waals surface area contributed by atoms with Crippen molar-refractivity contribution in [3.8, 4) is 0 Å². The third-order valence-electron chi connectivity index (χ3n) is 5.04. The standard InChI is InChI=1S/C21H23ClN4O6/c1-12-18-15(24-25-20(27)13-7-8-14(22)16(11-13)26(29)30)5-3-6-17(18)32-19(12)21(28)23-9-4-10-31-2/h7-8,11H,3-6,9-10H2,1-2H3,(H,23,28)(H,25,27)/b24-15+. The van der Waals surface area contributed by atoms with E-state index in [0.29, 0.717) is 55.0 Å². The number of nitrogens with one attached hydrogen (secondary N) is 2. The minimum Gasteiger partial charge on any atom is -0.455 e. The number of hydrogen-bond acceptors (Lipinski definition) is 7. The molecule has 10 nitrogen and oxygen atoms in total. The molecule has 2 aromatic rings.